The summed E-state index contributed by atoms with van der Waals surface area (Å²) in [6.07, 6.45) is 7.93. The maximum Gasteiger partial charge on any atom is 0.309 e. The van der Waals surface area contributed by atoms with Gasteiger partial charge >= 0.3 is 5.97 Å². The van der Waals surface area contributed by atoms with E-state index in [2.05, 4.69) is 17.6 Å². The molecule has 2 aromatic rings. The van der Waals surface area contributed by atoms with Crippen LogP contribution in [-0.4, -0.2) is 37.2 Å². The number of rotatable bonds is 6. The summed E-state index contributed by atoms with van der Waals surface area (Å²) < 4.78 is 11.7. The van der Waals surface area contributed by atoms with Crippen molar-refractivity contribution in [3.05, 3.63) is 48.7 Å². The van der Waals surface area contributed by atoms with Crippen molar-refractivity contribution in [1.82, 2.24) is 4.98 Å². The second-order valence-electron chi connectivity index (χ2n) is 8.82. The normalized spacial score (nSPS) is 29.4. The van der Waals surface area contributed by atoms with Crippen LogP contribution in [0.2, 0.25) is 0 Å². The quantitative estimate of drug-likeness (QED) is 0.606. The Bertz CT molecular complexity index is 939. The molecule has 2 bridgehead atoms. The van der Waals surface area contributed by atoms with E-state index in [1.54, 1.807) is 12.0 Å². The highest BCUT2D eigenvalue weighted by atomic mass is 16.5. The molecule has 5 heteroatoms. The fourth-order valence-electron chi connectivity index (χ4n) is 5.32. The summed E-state index contributed by atoms with van der Waals surface area (Å²) in [6.45, 7) is 6.28. The van der Waals surface area contributed by atoms with Gasteiger partial charge < -0.3 is 14.4 Å². The molecule has 3 saturated heterocycles. The van der Waals surface area contributed by atoms with Crippen molar-refractivity contribution in [2.75, 3.05) is 20.2 Å². The second-order valence-corrected chi connectivity index (χ2v) is 8.82. The van der Waals surface area contributed by atoms with E-state index in [0.29, 0.717) is 11.8 Å². The number of esters is 1. The predicted octanol–water partition coefficient (Wildman–Crippen LogP) is 2.72. The van der Waals surface area contributed by atoms with Crippen LogP contribution < -0.4 is 9.64 Å². The predicted molar refractivity (Wildman–Crippen MR) is 111 cm³/mol. The molecule has 1 aromatic carbocycles. The van der Waals surface area contributed by atoms with Crippen LogP contribution in [0.1, 0.15) is 37.4 Å². The Morgan fingerprint density at radius 1 is 1.31 bits per heavy atom. The van der Waals surface area contributed by atoms with Crippen LogP contribution in [0.25, 0.3) is 10.9 Å². The molecule has 3 aliphatic heterocycles. The van der Waals surface area contributed by atoms with E-state index in [0.717, 1.165) is 54.6 Å². The minimum Gasteiger partial charge on any atom is -0.497 e. The summed E-state index contributed by atoms with van der Waals surface area (Å²) in [5.41, 5.74) is 1.97. The Labute approximate surface area is 171 Å². The number of hydrogen-bond acceptors (Lipinski definition) is 4. The highest BCUT2D eigenvalue weighted by Gasteiger charge is 2.48. The molecule has 5 nitrogen and oxygen atoms in total. The first-order chi connectivity index (χ1) is 14.2. The van der Waals surface area contributed by atoms with Gasteiger partial charge in [0.05, 0.1) is 31.6 Å². The molecule has 4 fully saturated rings. The molecule has 1 unspecified atom stereocenters. The Morgan fingerprint density at radius 2 is 2.17 bits per heavy atom. The number of quaternary nitrogens is 1. The van der Waals surface area contributed by atoms with Crippen molar-refractivity contribution in [1.29, 1.82) is 0 Å². The van der Waals surface area contributed by atoms with Gasteiger partial charge in [-0.05, 0) is 43.0 Å². The van der Waals surface area contributed by atoms with Crippen molar-refractivity contribution in [2.45, 2.75) is 37.8 Å². The maximum absolute atomic E-state index is 12.7. The van der Waals surface area contributed by atoms with Gasteiger partial charge in [-0.15, -0.1) is 6.58 Å². The topological polar surface area (TPSA) is 52.9 Å². The van der Waals surface area contributed by atoms with E-state index in [1.807, 2.05) is 30.5 Å². The third-order valence-electron chi connectivity index (χ3n) is 7.13. The first kappa shape index (κ1) is 18.6. The summed E-state index contributed by atoms with van der Waals surface area (Å²) in [5.74, 6) is 2.06. The summed E-state index contributed by atoms with van der Waals surface area (Å²) in [5, 5.41) is 1.02. The Hall–Kier alpha value is -2.40. The largest absolute Gasteiger partial charge is 0.497 e. The molecule has 152 valence electrons. The standard InChI is InChI=1S/C24H28N2O3/c1-3-15-14-26-11-9-17(15)12-22(26)23(29-24(27)16-4-5-16)19-8-10-25-21-7-6-18(28-2)13-20(19)21/h3,6-8,10,13,15-17,22-23H,1,4-5,9,11-12,14H2,2H3/p+1/t15-,17-,22-,23-/m0/s1. The average molecular weight is 394 g/mol. The van der Waals surface area contributed by atoms with Gasteiger partial charge in [0.15, 0.2) is 6.10 Å². The van der Waals surface area contributed by atoms with Crippen molar-refractivity contribution >= 4 is 16.9 Å². The summed E-state index contributed by atoms with van der Waals surface area (Å²) in [4.78, 5) is 18.8. The number of aromatic nitrogens is 1. The number of pyridine rings is 1. The lowest BCUT2D eigenvalue weighted by Gasteiger charge is -2.48. The second kappa shape index (κ2) is 7.45. The number of methoxy groups -OCH3 is 1. The molecule has 1 aromatic heterocycles. The van der Waals surface area contributed by atoms with Crippen LogP contribution in [0.5, 0.6) is 5.75 Å². The molecular weight excluding hydrogens is 364 g/mol. The minimum absolute atomic E-state index is 0.0369. The number of nitrogens with one attached hydrogen (secondary N) is 1. The molecule has 1 saturated carbocycles. The molecule has 29 heavy (non-hydrogen) atoms. The van der Waals surface area contributed by atoms with Gasteiger partial charge in [0.1, 0.15) is 11.8 Å². The molecule has 4 heterocycles. The summed E-state index contributed by atoms with van der Waals surface area (Å²) in [6, 6.07) is 8.24. The number of piperidine rings is 3. The highest BCUT2D eigenvalue weighted by Crippen LogP contribution is 2.39. The van der Waals surface area contributed by atoms with Crippen LogP contribution >= 0.6 is 0 Å². The minimum atomic E-state index is -0.246. The van der Waals surface area contributed by atoms with E-state index >= 15 is 0 Å². The van der Waals surface area contributed by atoms with Crippen molar-refractivity contribution in [3.63, 3.8) is 0 Å². The van der Waals surface area contributed by atoms with Crippen LogP contribution in [0, 0.1) is 17.8 Å². The summed E-state index contributed by atoms with van der Waals surface area (Å²) in [7, 11) is 1.67. The number of ether oxygens (including phenoxy) is 2. The fourth-order valence-corrected chi connectivity index (χ4v) is 5.32. The Kier molecular flexibility index (Phi) is 4.78. The SMILES string of the molecule is C=C[C@H]1C[NH+]2CC[C@H]1C[C@H]2[C@@H](OC(=O)C1CC1)c1ccnc2ccc(OC)cc12. The van der Waals surface area contributed by atoms with E-state index in [9.17, 15) is 4.79 Å². The third-order valence-corrected chi connectivity index (χ3v) is 7.13. The molecule has 0 amide bonds. The highest BCUT2D eigenvalue weighted by molar-refractivity contribution is 5.84. The zero-order valence-corrected chi connectivity index (χ0v) is 17.0. The molecule has 6 rings (SSSR count). The molecule has 5 atom stereocenters. The van der Waals surface area contributed by atoms with E-state index in [4.69, 9.17) is 9.47 Å². The van der Waals surface area contributed by atoms with Gasteiger partial charge in [0, 0.05) is 35.9 Å². The van der Waals surface area contributed by atoms with Crippen molar-refractivity contribution in [2.24, 2.45) is 17.8 Å². The van der Waals surface area contributed by atoms with Crippen molar-refractivity contribution < 1.29 is 19.2 Å². The van der Waals surface area contributed by atoms with Gasteiger partial charge in [-0.3, -0.25) is 9.78 Å². The molecule has 0 spiro atoms. The molecule has 1 N–H and O–H groups in total. The monoisotopic (exact) mass is 393 g/mol. The first-order valence-corrected chi connectivity index (χ1v) is 10.8. The van der Waals surface area contributed by atoms with Gasteiger partial charge in [0.2, 0.25) is 0 Å². The lowest BCUT2D eigenvalue weighted by Crippen LogP contribution is -3.20. The Morgan fingerprint density at radius 3 is 2.86 bits per heavy atom. The van der Waals surface area contributed by atoms with Crippen LogP contribution in [0.3, 0.4) is 0 Å². The number of fused-ring (bicyclic) bond motifs is 4. The zero-order chi connectivity index (χ0) is 20.0. The number of carbonyl (C=O) groups excluding carboxylic acids is 1. The molecule has 1 aliphatic carbocycles. The van der Waals surface area contributed by atoms with E-state index < -0.39 is 0 Å². The van der Waals surface area contributed by atoms with E-state index in [1.165, 1.54) is 6.42 Å². The third kappa shape index (κ3) is 3.42. The molecule has 0 radical (unpaired) electrons. The van der Waals surface area contributed by atoms with Crippen LogP contribution in [-0.2, 0) is 9.53 Å². The number of hydrogen-bond donors (Lipinski definition) is 1. The van der Waals surface area contributed by atoms with Gasteiger partial charge in [-0.2, -0.15) is 0 Å². The number of carbonyl (C=O) groups is 1. The molecular formula is C24H29N2O3+. The molecule has 4 aliphatic rings. The fraction of sp³-hybridized carbons (Fsp3) is 0.500. The van der Waals surface area contributed by atoms with E-state index in [-0.39, 0.29) is 24.0 Å². The lowest BCUT2D eigenvalue weighted by molar-refractivity contribution is -0.949. The number of benzene rings is 1. The van der Waals surface area contributed by atoms with Gasteiger partial charge in [0.25, 0.3) is 0 Å². The van der Waals surface area contributed by atoms with Gasteiger partial charge in [-0.1, -0.05) is 6.08 Å². The van der Waals surface area contributed by atoms with Crippen LogP contribution in [0.4, 0.5) is 0 Å². The summed E-state index contributed by atoms with van der Waals surface area (Å²) >= 11 is 0. The average Bonchev–Trinajstić information content (AvgIpc) is 3.62. The zero-order valence-electron chi connectivity index (χ0n) is 17.0. The van der Waals surface area contributed by atoms with Crippen LogP contribution in [0.15, 0.2) is 43.1 Å². The van der Waals surface area contributed by atoms with Crippen molar-refractivity contribution in [3.8, 4) is 5.75 Å². The smallest absolute Gasteiger partial charge is 0.309 e. The lowest BCUT2D eigenvalue weighted by atomic mass is 9.73. The first-order valence-electron chi connectivity index (χ1n) is 10.8. The Balaban J connectivity index is 1.55. The van der Waals surface area contributed by atoms with Gasteiger partial charge in [-0.25, -0.2) is 0 Å². The maximum atomic E-state index is 12.7. The number of nitrogens with zero attached hydrogens (tertiary/aromatic N) is 1.